The first-order chi connectivity index (χ1) is 8.81. The van der Waals surface area contributed by atoms with Gasteiger partial charge in [0.25, 0.3) is 0 Å². The lowest BCUT2D eigenvalue weighted by Crippen LogP contribution is -1.95. The van der Waals surface area contributed by atoms with Gasteiger partial charge in [0, 0.05) is 25.9 Å². The first-order valence-corrected chi connectivity index (χ1v) is 5.66. The van der Waals surface area contributed by atoms with Crippen molar-refractivity contribution in [2.75, 3.05) is 19.5 Å². The summed E-state index contributed by atoms with van der Waals surface area (Å²) in [6.07, 6.45) is 0. The molecule has 96 valence electrons. The first kappa shape index (κ1) is 12.4. The van der Waals surface area contributed by atoms with E-state index in [4.69, 9.17) is 14.0 Å². The summed E-state index contributed by atoms with van der Waals surface area (Å²) in [6, 6.07) is 9.54. The molecule has 1 aromatic heterocycles. The van der Waals surface area contributed by atoms with Gasteiger partial charge >= 0.3 is 0 Å². The number of anilines is 1. The number of nitrogens with zero attached hydrogens (tertiary/aromatic N) is 1. The fraction of sp³-hybridized carbons (Fsp3) is 0.308. The number of methoxy groups -OCH3 is 1. The molecule has 0 amide bonds. The lowest BCUT2D eigenvalue weighted by atomic mass is 10.3. The molecular weight excluding hydrogens is 232 g/mol. The van der Waals surface area contributed by atoms with Gasteiger partial charge in [0.2, 0.25) is 0 Å². The maximum atomic E-state index is 5.59. The molecule has 0 spiro atoms. The van der Waals surface area contributed by atoms with Gasteiger partial charge in [-0.1, -0.05) is 5.16 Å². The third-order valence-electron chi connectivity index (χ3n) is 2.42. The lowest BCUT2D eigenvalue weighted by Gasteiger charge is -2.04. The number of rotatable bonds is 6. The minimum atomic E-state index is 0.381. The van der Waals surface area contributed by atoms with Crippen LogP contribution in [-0.2, 0) is 18.0 Å². The quantitative estimate of drug-likeness (QED) is 0.850. The molecule has 0 saturated heterocycles. The summed E-state index contributed by atoms with van der Waals surface area (Å²) in [7, 11) is 3.49. The van der Waals surface area contributed by atoms with Crippen LogP contribution in [0.3, 0.4) is 0 Å². The second-order valence-electron chi connectivity index (χ2n) is 3.78. The van der Waals surface area contributed by atoms with Crippen molar-refractivity contribution in [2.24, 2.45) is 0 Å². The molecule has 0 radical (unpaired) electrons. The van der Waals surface area contributed by atoms with Gasteiger partial charge in [-0.15, -0.1) is 0 Å². The third-order valence-corrected chi connectivity index (χ3v) is 2.42. The van der Waals surface area contributed by atoms with Crippen LogP contribution in [0, 0.1) is 0 Å². The summed E-state index contributed by atoms with van der Waals surface area (Å²) >= 11 is 0. The molecule has 0 aliphatic carbocycles. The molecule has 0 bridgehead atoms. The highest BCUT2D eigenvalue weighted by Gasteiger charge is 2.04. The molecule has 0 atom stereocenters. The second-order valence-corrected chi connectivity index (χ2v) is 3.78. The molecule has 1 heterocycles. The largest absolute Gasteiger partial charge is 0.487 e. The SMILES string of the molecule is CNc1ccc(OCc2cc(COC)on2)cc1. The highest BCUT2D eigenvalue weighted by Crippen LogP contribution is 2.16. The van der Waals surface area contributed by atoms with Crippen molar-refractivity contribution < 1.29 is 14.0 Å². The van der Waals surface area contributed by atoms with Crippen LogP contribution in [0.5, 0.6) is 5.75 Å². The third kappa shape index (κ3) is 3.24. The van der Waals surface area contributed by atoms with Crippen LogP contribution in [0.1, 0.15) is 11.5 Å². The van der Waals surface area contributed by atoms with Gasteiger partial charge in [-0.2, -0.15) is 0 Å². The maximum absolute atomic E-state index is 5.59. The van der Waals surface area contributed by atoms with E-state index in [0.717, 1.165) is 17.1 Å². The molecule has 5 heteroatoms. The van der Waals surface area contributed by atoms with Crippen molar-refractivity contribution in [3.05, 3.63) is 41.8 Å². The Balaban J connectivity index is 1.89. The number of benzene rings is 1. The van der Waals surface area contributed by atoms with Gasteiger partial charge in [-0.25, -0.2) is 0 Å². The van der Waals surface area contributed by atoms with Crippen LogP contribution in [0.25, 0.3) is 0 Å². The smallest absolute Gasteiger partial charge is 0.162 e. The van der Waals surface area contributed by atoms with E-state index < -0.39 is 0 Å². The number of hydrogen-bond acceptors (Lipinski definition) is 5. The van der Waals surface area contributed by atoms with Crippen molar-refractivity contribution in [1.82, 2.24) is 5.16 Å². The average molecular weight is 248 g/mol. The summed E-state index contributed by atoms with van der Waals surface area (Å²) in [6.45, 7) is 0.802. The Morgan fingerprint density at radius 3 is 2.67 bits per heavy atom. The van der Waals surface area contributed by atoms with Crippen LogP contribution < -0.4 is 10.1 Å². The van der Waals surface area contributed by atoms with Gasteiger partial charge in [-0.05, 0) is 24.3 Å². The van der Waals surface area contributed by atoms with E-state index in [2.05, 4.69) is 10.5 Å². The molecule has 2 aromatic rings. The Bertz CT molecular complexity index is 479. The Labute approximate surface area is 106 Å². The predicted molar refractivity (Wildman–Crippen MR) is 67.5 cm³/mol. The summed E-state index contributed by atoms with van der Waals surface area (Å²) < 4.78 is 15.6. The van der Waals surface area contributed by atoms with Crippen LogP contribution in [0.4, 0.5) is 5.69 Å². The van der Waals surface area contributed by atoms with Crippen LogP contribution in [0.2, 0.25) is 0 Å². The maximum Gasteiger partial charge on any atom is 0.162 e. The molecule has 0 aliphatic heterocycles. The molecule has 2 rings (SSSR count). The van der Waals surface area contributed by atoms with Crippen molar-refractivity contribution in [3.63, 3.8) is 0 Å². The number of hydrogen-bond donors (Lipinski definition) is 1. The zero-order chi connectivity index (χ0) is 12.8. The summed E-state index contributed by atoms with van der Waals surface area (Å²) in [5, 5.41) is 6.94. The van der Waals surface area contributed by atoms with E-state index in [1.807, 2.05) is 37.4 Å². The molecule has 0 unspecified atom stereocenters. The van der Waals surface area contributed by atoms with Crippen LogP contribution in [-0.4, -0.2) is 19.3 Å². The van der Waals surface area contributed by atoms with Crippen molar-refractivity contribution in [3.8, 4) is 5.75 Å². The Hall–Kier alpha value is -2.01. The topological polar surface area (TPSA) is 56.5 Å². The molecule has 1 N–H and O–H groups in total. The highest BCUT2D eigenvalue weighted by molar-refractivity contribution is 5.45. The molecular formula is C13H16N2O3. The van der Waals surface area contributed by atoms with Gasteiger partial charge < -0.3 is 19.3 Å². The Morgan fingerprint density at radius 1 is 1.22 bits per heavy atom. The van der Waals surface area contributed by atoms with Gasteiger partial charge in [0.1, 0.15) is 24.7 Å². The zero-order valence-corrected chi connectivity index (χ0v) is 10.5. The predicted octanol–water partition coefficient (Wildman–Crippen LogP) is 2.44. The van der Waals surface area contributed by atoms with Crippen molar-refractivity contribution in [2.45, 2.75) is 13.2 Å². The monoisotopic (exact) mass is 248 g/mol. The van der Waals surface area contributed by atoms with E-state index in [9.17, 15) is 0 Å². The lowest BCUT2D eigenvalue weighted by molar-refractivity contribution is 0.155. The molecule has 18 heavy (non-hydrogen) atoms. The summed E-state index contributed by atoms with van der Waals surface area (Å²) in [5.41, 5.74) is 1.80. The van der Waals surface area contributed by atoms with Crippen molar-refractivity contribution in [1.29, 1.82) is 0 Å². The number of nitrogens with one attached hydrogen (secondary N) is 1. The van der Waals surface area contributed by atoms with Gasteiger partial charge in [0.15, 0.2) is 5.76 Å². The number of ether oxygens (including phenoxy) is 2. The zero-order valence-electron chi connectivity index (χ0n) is 10.5. The first-order valence-electron chi connectivity index (χ1n) is 5.66. The molecule has 0 aliphatic rings. The second kappa shape index (κ2) is 6.07. The van der Waals surface area contributed by atoms with Gasteiger partial charge in [0.05, 0.1) is 0 Å². The van der Waals surface area contributed by atoms with Crippen LogP contribution >= 0.6 is 0 Å². The fourth-order valence-corrected chi connectivity index (χ4v) is 1.51. The molecule has 1 aromatic carbocycles. The normalized spacial score (nSPS) is 10.3. The van der Waals surface area contributed by atoms with E-state index in [-0.39, 0.29) is 0 Å². The van der Waals surface area contributed by atoms with E-state index in [1.165, 1.54) is 0 Å². The Kier molecular flexibility index (Phi) is 4.20. The molecule has 0 fully saturated rings. The molecule has 0 saturated carbocycles. The highest BCUT2D eigenvalue weighted by atomic mass is 16.5. The van der Waals surface area contributed by atoms with E-state index in [1.54, 1.807) is 7.11 Å². The minimum Gasteiger partial charge on any atom is -0.487 e. The van der Waals surface area contributed by atoms with Crippen molar-refractivity contribution >= 4 is 5.69 Å². The number of aromatic nitrogens is 1. The average Bonchev–Trinajstić information content (AvgIpc) is 2.85. The van der Waals surface area contributed by atoms with Crippen LogP contribution in [0.15, 0.2) is 34.9 Å². The van der Waals surface area contributed by atoms with Gasteiger partial charge in [-0.3, -0.25) is 0 Å². The summed E-state index contributed by atoms with van der Waals surface area (Å²) in [5.74, 6) is 1.49. The Morgan fingerprint density at radius 2 is 2.00 bits per heavy atom. The van der Waals surface area contributed by atoms with E-state index in [0.29, 0.717) is 19.0 Å². The standard InChI is InChI=1S/C13H16N2O3/c1-14-10-3-5-12(6-4-10)17-8-11-7-13(9-16-2)18-15-11/h3-7,14H,8-9H2,1-2H3. The summed E-state index contributed by atoms with van der Waals surface area (Å²) in [4.78, 5) is 0. The molecule has 5 nitrogen and oxygen atoms in total. The minimum absolute atomic E-state index is 0.381. The van der Waals surface area contributed by atoms with E-state index >= 15 is 0 Å². The fourth-order valence-electron chi connectivity index (χ4n) is 1.51.